The van der Waals surface area contributed by atoms with E-state index in [0.29, 0.717) is 12.2 Å². The van der Waals surface area contributed by atoms with Crippen LogP contribution in [0, 0.1) is 5.92 Å². The Kier molecular flexibility index (Phi) is 4.08. The summed E-state index contributed by atoms with van der Waals surface area (Å²) in [5.41, 5.74) is -0.0134. The Hall–Kier alpha value is -2.35. The van der Waals surface area contributed by atoms with Gasteiger partial charge in [0.2, 0.25) is 5.91 Å². The fraction of sp³-hybridized carbons (Fsp3) is 0.333. The van der Waals surface area contributed by atoms with Crippen LogP contribution in [0.4, 0.5) is 18.9 Å². The lowest BCUT2D eigenvalue weighted by molar-refractivity contribution is -0.142. The van der Waals surface area contributed by atoms with Crippen molar-refractivity contribution in [3.63, 3.8) is 0 Å². The van der Waals surface area contributed by atoms with E-state index >= 15 is 0 Å². The van der Waals surface area contributed by atoms with Crippen LogP contribution in [0.25, 0.3) is 5.69 Å². The van der Waals surface area contributed by atoms with E-state index < -0.39 is 11.9 Å². The number of halogens is 3. The first-order valence-electron chi connectivity index (χ1n) is 7.18. The predicted octanol–water partition coefficient (Wildman–Crippen LogP) is 2.44. The molecule has 1 aromatic carbocycles. The van der Waals surface area contributed by atoms with Crippen molar-refractivity contribution in [2.75, 3.05) is 18.4 Å². The van der Waals surface area contributed by atoms with Crippen LogP contribution in [-0.4, -0.2) is 28.8 Å². The molecule has 1 atom stereocenters. The Morgan fingerprint density at radius 2 is 2.00 bits per heavy atom. The van der Waals surface area contributed by atoms with E-state index in [-0.39, 0.29) is 17.5 Å². The summed E-state index contributed by atoms with van der Waals surface area (Å²) in [6.07, 6.45) is -2.59. The molecular formula is C15H15F3N4O. The Morgan fingerprint density at radius 1 is 1.26 bits per heavy atom. The van der Waals surface area contributed by atoms with E-state index in [1.165, 1.54) is 12.1 Å². The number of carbonyl (C=O) groups excluding carboxylic acids is 1. The number of carbonyl (C=O) groups is 1. The third kappa shape index (κ3) is 3.37. The van der Waals surface area contributed by atoms with Crippen molar-refractivity contribution in [1.29, 1.82) is 0 Å². The van der Waals surface area contributed by atoms with Crippen molar-refractivity contribution in [1.82, 2.24) is 15.1 Å². The number of hydrogen-bond donors (Lipinski definition) is 2. The zero-order valence-corrected chi connectivity index (χ0v) is 12.1. The molecule has 0 unspecified atom stereocenters. The van der Waals surface area contributed by atoms with Gasteiger partial charge in [0, 0.05) is 12.2 Å². The summed E-state index contributed by atoms with van der Waals surface area (Å²) in [5, 5.41) is 9.59. The maximum atomic E-state index is 12.9. The number of anilines is 1. The molecule has 3 rings (SSSR count). The number of aromatic nitrogens is 2. The van der Waals surface area contributed by atoms with E-state index in [2.05, 4.69) is 15.7 Å². The fourth-order valence-corrected chi connectivity index (χ4v) is 2.53. The van der Waals surface area contributed by atoms with Gasteiger partial charge in [-0.15, -0.1) is 0 Å². The highest BCUT2D eigenvalue weighted by Crippen LogP contribution is 2.30. The highest BCUT2D eigenvalue weighted by molar-refractivity contribution is 5.92. The third-order valence-electron chi connectivity index (χ3n) is 3.74. The summed E-state index contributed by atoms with van der Waals surface area (Å²) in [6.45, 7) is 1.46. The molecule has 0 saturated carbocycles. The molecule has 2 aromatic rings. The molecule has 1 aliphatic heterocycles. The lowest BCUT2D eigenvalue weighted by atomic mass is 10.1. The second-order valence-electron chi connectivity index (χ2n) is 5.35. The number of benzene rings is 1. The number of rotatable bonds is 3. The fourth-order valence-electron chi connectivity index (χ4n) is 2.53. The van der Waals surface area contributed by atoms with E-state index in [9.17, 15) is 18.0 Å². The van der Waals surface area contributed by atoms with Crippen LogP contribution < -0.4 is 10.6 Å². The minimum Gasteiger partial charge on any atom is -0.326 e. The molecule has 23 heavy (non-hydrogen) atoms. The minimum absolute atomic E-state index is 0.0716. The van der Waals surface area contributed by atoms with Crippen molar-refractivity contribution < 1.29 is 18.0 Å². The summed E-state index contributed by atoms with van der Waals surface area (Å²) in [4.78, 5) is 12.0. The molecule has 1 fully saturated rings. The van der Waals surface area contributed by atoms with Crippen LogP contribution in [-0.2, 0) is 11.0 Å². The summed E-state index contributed by atoms with van der Waals surface area (Å²) in [6, 6.07) is 7.03. The van der Waals surface area contributed by atoms with Crippen molar-refractivity contribution >= 4 is 11.6 Å². The molecule has 1 aliphatic rings. The molecule has 0 spiro atoms. The van der Waals surface area contributed by atoms with Crippen molar-refractivity contribution in [2.45, 2.75) is 12.6 Å². The van der Waals surface area contributed by atoms with Gasteiger partial charge in [-0.1, -0.05) is 0 Å². The molecule has 2 N–H and O–H groups in total. The summed E-state index contributed by atoms with van der Waals surface area (Å²) >= 11 is 0. The topological polar surface area (TPSA) is 59.0 Å². The zero-order chi connectivity index (χ0) is 16.4. The first-order chi connectivity index (χ1) is 10.9. The standard InChI is InChI=1S/C15H15F3N4O/c16-15(17,18)13-6-8-20-22(13)12-3-1-11(2-4-12)21-14(23)10-5-7-19-9-10/h1-4,6,8,10,19H,5,7,9H2,(H,21,23)/t10-/m0/s1. The second kappa shape index (κ2) is 6.04. The van der Waals surface area contributed by atoms with E-state index in [4.69, 9.17) is 0 Å². The average Bonchev–Trinajstić information content (AvgIpc) is 3.19. The molecule has 0 bridgehead atoms. The molecule has 8 heteroatoms. The number of alkyl halides is 3. The van der Waals surface area contributed by atoms with Gasteiger partial charge >= 0.3 is 6.18 Å². The summed E-state index contributed by atoms with van der Waals surface area (Å²) in [5.74, 6) is -0.157. The quantitative estimate of drug-likeness (QED) is 0.912. The van der Waals surface area contributed by atoms with Gasteiger partial charge in [0.05, 0.1) is 17.8 Å². The summed E-state index contributed by atoms with van der Waals surface area (Å²) in [7, 11) is 0. The Bertz CT molecular complexity index is 687. The van der Waals surface area contributed by atoms with Gasteiger partial charge in [-0.2, -0.15) is 18.3 Å². The third-order valence-corrected chi connectivity index (χ3v) is 3.74. The molecule has 5 nitrogen and oxygen atoms in total. The largest absolute Gasteiger partial charge is 0.433 e. The number of hydrogen-bond acceptors (Lipinski definition) is 3. The predicted molar refractivity (Wildman–Crippen MR) is 78.2 cm³/mol. The maximum Gasteiger partial charge on any atom is 0.433 e. The molecule has 0 radical (unpaired) electrons. The van der Waals surface area contributed by atoms with Crippen molar-refractivity contribution in [3.05, 3.63) is 42.2 Å². The SMILES string of the molecule is O=C(Nc1ccc(-n2nccc2C(F)(F)F)cc1)[C@H]1CCNC1. The molecule has 1 aromatic heterocycles. The number of amides is 1. The van der Waals surface area contributed by atoms with Gasteiger partial charge in [0.25, 0.3) is 0 Å². The summed E-state index contributed by atoms with van der Waals surface area (Å²) < 4.78 is 39.4. The normalized spacial score (nSPS) is 18.1. The second-order valence-corrected chi connectivity index (χ2v) is 5.35. The first kappa shape index (κ1) is 15.5. The van der Waals surface area contributed by atoms with Gasteiger partial charge in [0.15, 0.2) is 0 Å². The molecule has 2 heterocycles. The van der Waals surface area contributed by atoms with Crippen LogP contribution in [0.3, 0.4) is 0 Å². The smallest absolute Gasteiger partial charge is 0.326 e. The Balaban J connectivity index is 1.75. The van der Waals surface area contributed by atoms with E-state index in [1.807, 2.05) is 0 Å². The van der Waals surface area contributed by atoms with Gasteiger partial charge in [0.1, 0.15) is 5.69 Å². The number of nitrogens with zero attached hydrogens (tertiary/aromatic N) is 2. The number of nitrogens with one attached hydrogen (secondary N) is 2. The lowest BCUT2D eigenvalue weighted by Gasteiger charge is -2.12. The van der Waals surface area contributed by atoms with Gasteiger partial charge in [-0.05, 0) is 43.3 Å². The van der Waals surface area contributed by atoms with Gasteiger partial charge in [-0.3, -0.25) is 4.79 Å². The molecule has 122 valence electrons. The van der Waals surface area contributed by atoms with Crippen LogP contribution in [0.5, 0.6) is 0 Å². The molecule has 1 saturated heterocycles. The van der Waals surface area contributed by atoms with Gasteiger partial charge < -0.3 is 10.6 Å². The van der Waals surface area contributed by atoms with E-state index in [0.717, 1.165) is 29.9 Å². The van der Waals surface area contributed by atoms with Crippen LogP contribution in [0.2, 0.25) is 0 Å². The average molecular weight is 324 g/mol. The lowest BCUT2D eigenvalue weighted by Crippen LogP contribution is -2.24. The van der Waals surface area contributed by atoms with E-state index in [1.54, 1.807) is 12.1 Å². The minimum atomic E-state index is -4.47. The monoisotopic (exact) mass is 324 g/mol. The van der Waals surface area contributed by atoms with Crippen LogP contribution in [0.1, 0.15) is 12.1 Å². The van der Waals surface area contributed by atoms with Crippen molar-refractivity contribution in [2.24, 2.45) is 5.92 Å². The first-order valence-corrected chi connectivity index (χ1v) is 7.18. The highest BCUT2D eigenvalue weighted by atomic mass is 19.4. The zero-order valence-electron chi connectivity index (χ0n) is 12.1. The van der Waals surface area contributed by atoms with Crippen LogP contribution >= 0.6 is 0 Å². The van der Waals surface area contributed by atoms with Gasteiger partial charge in [-0.25, -0.2) is 4.68 Å². The molecular weight excluding hydrogens is 309 g/mol. The molecule has 1 amide bonds. The van der Waals surface area contributed by atoms with Crippen LogP contribution in [0.15, 0.2) is 36.5 Å². The molecule has 0 aliphatic carbocycles. The Labute approximate surface area is 130 Å². The maximum absolute atomic E-state index is 12.9. The highest BCUT2D eigenvalue weighted by Gasteiger charge is 2.35. The Morgan fingerprint density at radius 3 is 2.61 bits per heavy atom. The van der Waals surface area contributed by atoms with Crippen molar-refractivity contribution in [3.8, 4) is 5.69 Å².